The molecule has 1 saturated carbocycles. The quantitative estimate of drug-likeness (QED) is 0.231. The molecule has 2 aliphatic heterocycles. The molecular formula is C28H29ClFN5O7. The van der Waals surface area contributed by atoms with Crippen LogP contribution in [0.4, 0.5) is 15.9 Å². The maximum Gasteiger partial charge on any atom is 0.303 e. The Bertz CT molecular complexity index is 1580. The smallest absolute Gasteiger partial charge is 0.303 e. The largest absolute Gasteiger partial charge is 0.463 e. The summed E-state index contributed by atoms with van der Waals surface area (Å²) in [6.07, 6.45) is 1.06. The van der Waals surface area contributed by atoms with Gasteiger partial charge in [0.1, 0.15) is 18.5 Å². The number of aromatic nitrogens is 4. The van der Waals surface area contributed by atoms with Gasteiger partial charge >= 0.3 is 17.9 Å². The van der Waals surface area contributed by atoms with Crippen LogP contribution in [-0.4, -0.2) is 68.9 Å². The van der Waals surface area contributed by atoms with E-state index in [0.29, 0.717) is 23.6 Å². The normalized spacial score (nSPS) is 24.3. The Kier molecular flexibility index (Phi) is 7.26. The minimum atomic E-state index is -1.15. The molecule has 0 bridgehead atoms. The molecular weight excluding hydrogens is 573 g/mol. The first kappa shape index (κ1) is 28.3. The van der Waals surface area contributed by atoms with E-state index in [2.05, 4.69) is 15.0 Å². The molecule has 1 unspecified atom stereocenters. The topological polar surface area (TPSA) is 135 Å². The van der Waals surface area contributed by atoms with Gasteiger partial charge in [-0.25, -0.2) is 9.37 Å². The number of ether oxygens (including phenoxy) is 4. The lowest BCUT2D eigenvalue weighted by atomic mass is 9.81. The number of hydrogen-bond acceptors (Lipinski definition) is 11. The number of imidazole rings is 1. The van der Waals surface area contributed by atoms with Crippen molar-refractivity contribution in [1.82, 2.24) is 19.5 Å². The molecule has 1 saturated heterocycles. The molecule has 3 aromatic rings. The fraction of sp³-hybridized carbons (Fsp3) is 0.500. The van der Waals surface area contributed by atoms with Crippen molar-refractivity contribution in [2.45, 2.75) is 76.4 Å². The predicted molar refractivity (Wildman–Crippen MR) is 146 cm³/mol. The van der Waals surface area contributed by atoms with E-state index in [4.69, 9.17) is 30.5 Å². The zero-order chi connectivity index (χ0) is 29.8. The lowest BCUT2D eigenvalue weighted by Crippen LogP contribution is -2.40. The summed E-state index contributed by atoms with van der Waals surface area (Å²) >= 11 is 6.45. The van der Waals surface area contributed by atoms with Crippen LogP contribution in [0.2, 0.25) is 5.28 Å². The third kappa shape index (κ3) is 4.83. The molecule has 1 spiro atoms. The Morgan fingerprint density at radius 2 is 1.79 bits per heavy atom. The zero-order valence-corrected chi connectivity index (χ0v) is 24.0. The number of rotatable bonds is 6. The molecule has 4 atom stereocenters. The number of anilines is 2. The first-order valence-electron chi connectivity index (χ1n) is 13.7. The van der Waals surface area contributed by atoms with Crippen LogP contribution in [0.25, 0.3) is 11.2 Å². The third-order valence-corrected chi connectivity index (χ3v) is 8.26. The van der Waals surface area contributed by atoms with Crippen LogP contribution in [0, 0.1) is 5.82 Å². The second-order valence-corrected chi connectivity index (χ2v) is 11.2. The molecule has 14 heteroatoms. The molecule has 4 heterocycles. The number of carbonyl (C=O) groups excluding carboxylic acids is 3. The summed E-state index contributed by atoms with van der Waals surface area (Å²) in [7, 11) is 0. The van der Waals surface area contributed by atoms with Gasteiger partial charge < -0.3 is 23.8 Å². The van der Waals surface area contributed by atoms with Crippen LogP contribution < -0.4 is 4.90 Å². The molecule has 0 radical (unpaired) electrons. The van der Waals surface area contributed by atoms with Gasteiger partial charge in [0.2, 0.25) is 5.28 Å². The number of halogens is 2. The lowest BCUT2D eigenvalue weighted by molar-refractivity contribution is -0.166. The Hall–Kier alpha value is -3.84. The zero-order valence-electron chi connectivity index (χ0n) is 23.2. The van der Waals surface area contributed by atoms with Crippen molar-refractivity contribution in [2.75, 3.05) is 18.1 Å². The molecule has 0 N–H and O–H groups in total. The van der Waals surface area contributed by atoms with Crippen LogP contribution in [0.3, 0.4) is 0 Å². The van der Waals surface area contributed by atoms with E-state index in [1.54, 1.807) is 6.07 Å². The molecule has 1 aliphatic carbocycles. The SMILES string of the molecule is CC(=O)OC[C@H]1O[C@@H](n2cnc3c(N4CC5(CCCC5)c5cccc(F)c54)nc(Cl)nc32)C(OC(C)=O)[C@H]1OC(C)=O. The van der Waals surface area contributed by atoms with Crippen molar-refractivity contribution in [3.8, 4) is 0 Å². The van der Waals surface area contributed by atoms with Crippen molar-refractivity contribution in [1.29, 1.82) is 0 Å². The number of benzene rings is 1. The molecule has 222 valence electrons. The average Bonchev–Trinajstić information content (AvgIpc) is 3.70. The minimum Gasteiger partial charge on any atom is -0.463 e. The first-order chi connectivity index (χ1) is 20.1. The standard InChI is InChI=1S/C28H29ClFN5O7/c1-14(36)39-11-19-22(40-15(2)37)23(41-16(3)38)26(42-19)35-13-31-20-24(32-27(29)33-25(20)35)34-12-28(9-4-5-10-28)17-7-6-8-18(30)21(17)34/h6-8,13,19,22-23,26H,4-5,9-12H2,1-3H3/t19-,22+,23?,26-/m1/s1. The fourth-order valence-corrected chi connectivity index (χ4v) is 6.67. The molecule has 12 nitrogen and oxygen atoms in total. The summed E-state index contributed by atoms with van der Waals surface area (Å²) in [6.45, 7) is 3.89. The highest BCUT2D eigenvalue weighted by Gasteiger charge is 2.52. The molecule has 42 heavy (non-hydrogen) atoms. The second kappa shape index (κ2) is 10.8. The molecule has 2 fully saturated rings. The number of hydrogen-bond donors (Lipinski definition) is 0. The molecule has 2 aromatic heterocycles. The van der Waals surface area contributed by atoms with E-state index in [0.717, 1.165) is 31.2 Å². The van der Waals surface area contributed by atoms with Gasteiger partial charge in [0.25, 0.3) is 0 Å². The maximum atomic E-state index is 15.4. The highest BCUT2D eigenvalue weighted by atomic mass is 35.5. The van der Waals surface area contributed by atoms with Crippen LogP contribution in [0.1, 0.15) is 58.2 Å². The monoisotopic (exact) mass is 601 g/mol. The van der Waals surface area contributed by atoms with Gasteiger partial charge in [-0.2, -0.15) is 9.97 Å². The predicted octanol–water partition coefficient (Wildman–Crippen LogP) is 3.91. The Labute approximate surface area is 245 Å². The van der Waals surface area contributed by atoms with Gasteiger partial charge in [-0.3, -0.25) is 19.0 Å². The maximum absolute atomic E-state index is 15.4. The summed E-state index contributed by atoms with van der Waals surface area (Å²) in [5, 5.41) is -0.112. The van der Waals surface area contributed by atoms with Gasteiger partial charge in [-0.05, 0) is 36.1 Å². The second-order valence-electron chi connectivity index (χ2n) is 10.9. The summed E-state index contributed by atoms with van der Waals surface area (Å²) < 4.78 is 39.2. The fourth-order valence-electron chi connectivity index (χ4n) is 6.51. The van der Waals surface area contributed by atoms with E-state index in [1.165, 1.54) is 37.7 Å². The summed E-state index contributed by atoms with van der Waals surface area (Å²) in [5.41, 5.74) is 1.72. The van der Waals surface area contributed by atoms with E-state index in [9.17, 15) is 14.4 Å². The number of carbonyl (C=O) groups is 3. The first-order valence-corrected chi connectivity index (χ1v) is 14.1. The van der Waals surface area contributed by atoms with E-state index in [-0.39, 0.29) is 28.8 Å². The van der Waals surface area contributed by atoms with Crippen molar-refractivity contribution in [3.63, 3.8) is 0 Å². The summed E-state index contributed by atoms with van der Waals surface area (Å²) in [5.74, 6) is -1.90. The number of para-hydroxylation sites is 1. The van der Waals surface area contributed by atoms with Crippen LogP contribution >= 0.6 is 11.6 Å². The van der Waals surface area contributed by atoms with Crippen LogP contribution in [0.15, 0.2) is 24.5 Å². The minimum absolute atomic E-state index is 0.112. The van der Waals surface area contributed by atoms with E-state index >= 15 is 4.39 Å². The third-order valence-electron chi connectivity index (χ3n) is 8.10. The van der Waals surface area contributed by atoms with Gasteiger partial charge in [-0.15, -0.1) is 0 Å². The van der Waals surface area contributed by atoms with Crippen molar-refractivity contribution in [2.24, 2.45) is 0 Å². The molecule has 3 aliphatic rings. The van der Waals surface area contributed by atoms with E-state index in [1.807, 2.05) is 11.0 Å². The molecule has 1 aromatic carbocycles. The summed E-state index contributed by atoms with van der Waals surface area (Å²) in [4.78, 5) is 50.9. The summed E-state index contributed by atoms with van der Waals surface area (Å²) in [6, 6.07) is 5.12. The van der Waals surface area contributed by atoms with Crippen molar-refractivity contribution >= 4 is 52.2 Å². The highest BCUT2D eigenvalue weighted by molar-refractivity contribution is 6.28. The Balaban J connectivity index is 1.44. The van der Waals surface area contributed by atoms with Gasteiger partial charge in [0.05, 0.1) is 12.0 Å². The van der Waals surface area contributed by atoms with Crippen molar-refractivity contribution < 1.29 is 37.7 Å². The number of esters is 3. The van der Waals surface area contributed by atoms with E-state index < -0.39 is 42.4 Å². The lowest BCUT2D eigenvalue weighted by Gasteiger charge is -2.25. The Morgan fingerprint density at radius 1 is 1.07 bits per heavy atom. The van der Waals surface area contributed by atoms with Crippen LogP contribution in [0.5, 0.6) is 0 Å². The average molecular weight is 602 g/mol. The Morgan fingerprint density at radius 3 is 2.48 bits per heavy atom. The van der Waals surface area contributed by atoms with Crippen molar-refractivity contribution in [3.05, 3.63) is 41.2 Å². The number of fused-ring (bicyclic) bond motifs is 3. The molecule has 0 amide bonds. The van der Waals surface area contributed by atoms with Crippen LogP contribution in [-0.2, 0) is 38.7 Å². The van der Waals surface area contributed by atoms with Gasteiger partial charge in [-0.1, -0.05) is 25.0 Å². The number of nitrogens with zero attached hydrogens (tertiary/aromatic N) is 5. The van der Waals surface area contributed by atoms with Gasteiger partial charge in [0, 0.05) is 32.7 Å². The molecule has 6 rings (SSSR count). The van der Waals surface area contributed by atoms with Gasteiger partial charge in [0.15, 0.2) is 35.4 Å². The highest BCUT2D eigenvalue weighted by Crippen LogP contribution is 2.53.